The van der Waals surface area contributed by atoms with Gasteiger partial charge < -0.3 is 18.0 Å². The van der Waals surface area contributed by atoms with Crippen molar-refractivity contribution in [3.8, 4) is 0 Å². The maximum Gasteiger partial charge on any atom is 0.503 e. The minimum atomic E-state index is -2.79. The van der Waals surface area contributed by atoms with Crippen LogP contribution in [0.5, 0.6) is 0 Å². The number of esters is 1. The Morgan fingerprint density at radius 1 is 1.20 bits per heavy atom. The Bertz CT molecular complexity index is 277. The number of rotatable bonds is 12. The molecule has 0 fully saturated rings. The van der Waals surface area contributed by atoms with Gasteiger partial charge in [-0.1, -0.05) is 26.3 Å². The van der Waals surface area contributed by atoms with Crippen LogP contribution < -0.4 is 0 Å². The van der Waals surface area contributed by atoms with Crippen molar-refractivity contribution >= 4 is 14.8 Å². The van der Waals surface area contributed by atoms with Crippen molar-refractivity contribution in [2.75, 3.05) is 13.2 Å². The summed E-state index contributed by atoms with van der Waals surface area (Å²) in [4.78, 5) is 11.2. The molecule has 0 heterocycles. The number of carbonyl (C=O) groups excluding carboxylic acids is 1. The van der Waals surface area contributed by atoms with Crippen LogP contribution in [0.4, 0.5) is 0 Å². The van der Waals surface area contributed by atoms with E-state index in [9.17, 15) is 4.79 Å². The molecule has 0 aliphatic rings. The van der Waals surface area contributed by atoms with Gasteiger partial charge in [-0.2, -0.15) is 0 Å². The molecule has 0 aliphatic heterocycles. The van der Waals surface area contributed by atoms with Crippen molar-refractivity contribution in [2.24, 2.45) is 0 Å². The highest BCUT2D eigenvalue weighted by Gasteiger charge is 2.42. The maximum absolute atomic E-state index is 11.2. The van der Waals surface area contributed by atoms with Crippen LogP contribution in [0.15, 0.2) is 12.7 Å². The summed E-state index contributed by atoms with van der Waals surface area (Å²) in [6.07, 6.45) is 3.60. The van der Waals surface area contributed by atoms with E-state index in [1.807, 2.05) is 13.8 Å². The maximum atomic E-state index is 11.2. The highest BCUT2D eigenvalue weighted by molar-refractivity contribution is 6.60. The van der Waals surface area contributed by atoms with Gasteiger partial charge in [0.15, 0.2) is 6.29 Å². The van der Waals surface area contributed by atoms with E-state index in [0.29, 0.717) is 13.2 Å². The SMILES string of the molecule is C=CC(=O)OC(C)O[Si](CCCCC)(OCC)OCC. The van der Waals surface area contributed by atoms with E-state index in [2.05, 4.69) is 13.5 Å². The molecule has 0 saturated carbocycles. The average molecular weight is 304 g/mol. The van der Waals surface area contributed by atoms with Gasteiger partial charge in [0.1, 0.15) is 0 Å². The summed E-state index contributed by atoms with van der Waals surface area (Å²) >= 11 is 0. The highest BCUT2D eigenvalue weighted by atomic mass is 28.4. The quantitative estimate of drug-likeness (QED) is 0.182. The molecule has 0 amide bonds. The Labute approximate surface area is 123 Å². The van der Waals surface area contributed by atoms with Crippen LogP contribution in [0.25, 0.3) is 0 Å². The summed E-state index contributed by atoms with van der Waals surface area (Å²) in [6, 6.07) is 0.735. The normalized spacial score (nSPS) is 13.0. The average Bonchev–Trinajstić information content (AvgIpc) is 2.39. The lowest BCUT2D eigenvalue weighted by Crippen LogP contribution is -2.48. The molecule has 0 saturated heterocycles. The molecule has 0 rings (SSSR count). The van der Waals surface area contributed by atoms with Crippen LogP contribution >= 0.6 is 0 Å². The van der Waals surface area contributed by atoms with Crippen LogP contribution in [-0.2, 0) is 22.8 Å². The molecule has 5 nitrogen and oxygen atoms in total. The summed E-state index contributed by atoms with van der Waals surface area (Å²) < 4.78 is 22.5. The smallest absolute Gasteiger partial charge is 0.434 e. The van der Waals surface area contributed by atoms with Gasteiger partial charge in [0.05, 0.1) is 0 Å². The monoisotopic (exact) mass is 304 g/mol. The van der Waals surface area contributed by atoms with Crippen molar-refractivity contribution in [3.05, 3.63) is 12.7 Å². The van der Waals surface area contributed by atoms with Crippen molar-refractivity contribution < 1.29 is 22.8 Å². The standard InChI is InChI=1S/C14H28O5Si/c1-6-10-11-12-20(16-8-3,17-9-4)19-13(5)18-14(15)7-2/h7,13H,2,6,8-12H2,1,3-5H3. The third-order valence-corrected chi connectivity index (χ3v) is 5.72. The first kappa shape index (κ1) is 19.3. The molecule has 0 aromatic heterocycles. The predicted octanol–water partition coefficient (Wildman–Crippen LogP) is 3.28. The molecular formula is C14H28O5Si. The summed E-state index contributed by atoms with van der Waals surface area (Å²) in [5.41, 5.74) is 0. The lowest BCUT2D eigenvalue weighted by atomic mass is 10.3. The van der Waals surface area contributed by atoms with Crippen LogP contribution in [-0.4, -0.2) is 34.3 Å². The third-order valence-electron chi connectivity index (χ3n) is 2.61. The van der Waals surface area contributed by atoms with Crippen molar-refractivity contribution in [2.45, 2.75) is 59.3 Å². The van der Waals surface area contributed by atoms with Crippen LogP contribution in [0.1, 0.15) is 47.0 Å². The minimum Gasteiger partial charge on any atom is -0.434 e. The summed E-state index contributed by atoms with van der Waals surface area (Å²) in [5.74, 6) is -0.512. The van der Waals surface area contributed by atoms with Gasteiger partial charge in [0.2, 0.25) is 0 Å². The lowest BCUT2D eigenvalue weighted by Gasteiger charge is -2.31. The zero-order valence-corrected chi connectivity index (χ0v) is 14.1. The van der Waals surface area contributed by atoms with E-state index in [4.69, 9.17) is 18.0 Å². The molecule has 0 bridgehead atoms. The number of carbonyl (C=O) groups is 1. The molecule has 6 heteroatoms. The van der Waals surface area contributed by atoms with Crippen LogP contribution in [0, 0.1) is 0 Å². The molecule has 0 aromatic rings. The fourth-order valence-electron chi connectivity index (χ4n) is 1.83. The number of ether oxygens (including phenoxy) is 1. The molecular weight excluding hydrogens is 276 g/mol. The van der Waals surface area contributed by atoms with Crippen molar-refractivity contribution in [1.82, 2.24) is 0 Å². The molecule has 118 valence electrons. The first-order valence-corrected chi connectivity index (χ1v) is 9.25. The molecule has 0 radical (unpaired) electrons. The zero-order chi connectivity index (χ0) is 15.4. The first-order chi connectivity index (χ1) is 9.53. The number of hydrogen-bond donors (Lipinski definition) is 0. The Hall–Kier alpha value is -0.693. The van der Waals surface area contributed by atoms with E-state index >= 15 is 0 Å². The fourth-order valence-corrected chi connectivity index (χ4v) is 4.58. The predicted molar refractivity (Wildman–Crippen MR) is 80.2 cm³/mol. The second-order valence-corrected chi connectivity index (χ2v) is 7.01. The van der Waals surface area contributed by atoms with E-state index in [-0.39, 0.29) is 0 Å². The first-order valence-electron chi connectivity index (χ1n) is 7.32. The van der Waals surface area contributed by atoms with Gasteiger partial charge in [-0.05, 0) is 27.2 Å². The largest absolute Gasteiger partial charge is 0.503 e. The van der Waals surface area contributed by atoms with Gasteiger partial charge in [0, 0.05) is 25.3 Å². The number of hydrogen-bond acceptors (Lipinski definition) is 5. The van der Waals surface area contributed by atoms with Gasteiger partial charge in [-0.25, -0.2) is 4.79 Å². The molecule has 1 atom stereocenters. The fraction of sp³-hybridized carbons (Fsp3) is 0.786. The van der Waals surface area contributed by atoms with Gasteiger partial charge in [0.25, 0.3) is 0 Å². The molecule has 0 aliphatic carbocycles. The molecule has 20 heavy (non-hydrogen) atoms. The van der Waals surface area contributed by atoms with E-state index in [1.54, 1.807) is 6.92 Å². The lowest BCUT2D eigenvalue weighted by molar-refractivity contribution is -0.161. The Kier molecular flexibility index (Phi) is 10.6. The zero-order valence-electron chi connectivity index (χ0n) is 13.1. The third kappa shape index (κ3) is 7.79. The summed E-state index contributed by atoms with van der Waals surface area (Å²) in [6.45, 7) is 12.0. The number of unbranched alkanes of at least 4 members (excludes halogenated alkanes) is 2. The van der Waals surface area contributed by atoms with Gasteiger partial charge in [-0.3, -0.25) is 0 Å². The van der Waals surface area contributed by atoms with E-state index < -0.39 is 21.1 Å². The van der Waals surface area contributed by atoms with E-state index in [0.717, 1.165) is 31.4 Å². The minimum absolute atomic E-state index is 0.512. The summed E-state index contributed by atoms with van der Waals surface area (Å²) in [5, 5.41) is 0. The van der Waals surface area contributed by atoms with Crippen LogP contribution in [0.2, 0.25) is 6.04 Å². The van der Waals surface area contributed by atoms with Crippen LogP contribution in [0.3, 0.4) is 0 Å². The molecule has 0 N–H and O–H groups in total. The Balaban J connectivity index is 4.68. The Morgan fingerprint density at radius 3 is 2.25 bits per heavy atom. The highest BCUT2D eigenvalue weighted by Crippen LogP contribution is 2.22. The van der Waals surface area contributed by atoms with Gasteiger partial charge in [-0.15, -0.1) is 0 Å². The molecule has 0 spiro atoms. The summed E-state index contributed by atoms with van der Waals surface area (Å²) in [7, 11) is -2.79. The molecule has 0 aromatic carbocycles. The second-order valence-electron chi connectivity index (χ2n) is 4.33. The second kappa shape index (κ2) is 11.0. The molecule has 1 unspecified atom stereocenters. The topological polar surface area (TPSA) is 54.0 Å². The van der Waals surface area contributed by atoms with Crippen molar-refractivity contribution in [1.29, 1.82) is 0 Å². The Morgan fingerprint density at radius 2 is 1.80 bits per heavy atom. The van der Waals surface area contributed by atoms with Gasteiger partial charge >= 0.3 is 14.8 Å². The van der Waals surface area contributed by atoms with Crippen molar-refractivity contribution in [3.63, 3.8) is 0 Å². The van der Waals surface area contributed by atoms with E-state index in [1.165, 1.54) is 0 Å².